The molecule has 1 atom stereocenters. The highest BCUT2D eigenvalue weighted by molar-refractivity contribution is 9.10. The Bertz CT molecular complexity index is 776. The van der Waals surface area contributed by atoms with Crippen LogP contribution in [0.3, 0.4) is 0 Å². The summed E-state index contributed by atoms with van der Waals surface area (Å²) in [4.78, 5) is 20.3. The summed E-state index contributed by atoms with van der Waals surface area (Å²) in [5, 5.41) is 0. The fraction of sp³-hybridized carbons (Fsp3) is 0.667. The topological polar surface area (TPSA) is 54.5 Å². The van der Waals surface area contributed by atoms with Crippen molar-refractivity contribution in [2.75, 3.05) is 66.1 Å². The van der Waals surface area contributed by atoms with E-state index in [9.17, 15) is 4.79 Å². The van der Waals surface area contributed by atoms with E-state index in [4.69, 9.17) is 14.2 Å². The van der Waals surface area contributed by atoms with E-state index < -0.39 is 5.85 Å². The summed E-state index contributed by atoms with van der Waals surface area (Å²) in [7, 11) is 2.14. The number of carbonyl (C=O) groups excluding carboxylic acids is 1. The molecule has 0 aliphatic carbocycles. The van der Waals surface area contributed by atoms with Gasteiger partial charge in [0.2, 0.25) is 5.85 Å². The van der Waals surface area contributed by atoms with E-state index >= 15 is 0 Å². The van der Waals surface area contributed by atoms with Gasteiger partial charge in [0.1, 0.15) is 11.5 Å². The van der Waals surface area contributed by atoms with E-state index in [1.807, 2.05) is 19.9 Å². The zero-order valence-electron chi connectivity index (χ0n) is 17.5. The quantitative estimate of drug-likeness (QED) is 0.673. The van der Waals surface area contributed by atoms with E-state index in [2.05, 4.69) is 37.7 Å². The van der Waals surface area contributed by atoms with Crippen molar-refractivity contribution in [3.8, 4) is 11.5 Å². The van der Waals surface area contributed by atoms with Crippen molar-refractivity contribution in [1.82, 2.24) is 14.7 Å². The van der Waals surface area contributed by atoms with Crippen molar-refractivity contribution in [2.24, 2.45) is 0 Å². The standard InChI is InChI=1S/C21H30BrN3O4/c1-4-28-20-15(2)19-16(13-17(20)22)18(26)14-21(29-19,25-9-11-27-12-10-25)24-7-5-23(3)6-8-24/h13H,4-12,14H2,1-3H3. The Hall–Kier alpha value is -1.19. The van der Waals surface area contributed by atoms with Crippen molar-refractivity contribution >= 4 is 21.7 Å². The number of rotatable bonds is 4. The maximum absolute atomic E-state index is 13.4. The van der Waals surface area contributed by atoms with Gasteiger partial charge in [-0.15, -0.1) is 0 Å². The van der Waals surface area contributed by atoms with Gasteiger partial charge in [-0.1, -0.05) is 0 Å². The molecule has 3 heterocycles. The van der Waals surface area contributed by atoms with Crippen molar-refractivity contribution in [3.05, 3.63) is 21.7 Å². The number of likely N-dealkylation sites (N-methyl/N-ethyl adjacent to an activating group) is 1. The van der Waals surface area contributed by atoms with Crippen LogP contribution in [0.1, 0.15) is 29.3 Å². The van der Waals surface area contributed by atoms with Crippen LogP contribution in [0, 0.1) is 6.92 Å². The minimum Gasteiger partial charge on any atom is -0.492 e. The van der Waals surface area contributed by atoms with Crippen molar-refractivity contribution < 1.29 is 19.0 Å². The number of hydrogen-bond donors (Lipinski definition) is 0. The number of piperazine rings is 1. The summed E-state index contributed by atoms with van der Waals surface area (Å²) in [5.41, 5.74) is 1.51. The van der Waals surface area contributed by atoms with Gasteiger partial charge in [0, 0.05) is 44.8 Å². The van der Waals surface area contributed by atoms with Gasteiger partial charge in [0.05, 0.1) is 36.3 Å². The van der Waals surface area contributed by atoms with Crippen LogP contribution in [0.15, 0.2) is 10.5 Å². The lowest BCUT2D eigenvalue weighted by molar-refractivity contribution is -0.221. The van der Waals surface area contributed by atoms with Gasteiger partial charge >= 0.3 is 0 Å². The molecule has 1 aromatic carbocycles. The molecule has 1 unspecified atom stereocenters. The second-order valence-corrected chi connectivity index (χ2v) is 8.81. The Labute approximate surface area is 181 Å². The number of nitrogens with zero attached hydrogens (tertiary/aromatic N) is 3. The Kier molecular flexibility index (Phi) is 6.18. The van der Waals surface area contributed by atoms with Gasteiger partial charge in [-0.2, -0.15) is 0 Å². The Morgan fingerprint density at radius 2 is 1.79 bits per heavy atom. The third-order valence-electron chi connectivity index (χ3n) is 6.16. The van der Waals surface area contributed by atoms with Gasteiger partial charge in [-0.25, -0.2) is 9.80 Å². The zero-order chi connectivity index (χ0) is 20.6. The van der Waals surface area contributed by atoms with Crippen LogP contribution >= 0.6 is 15.9 Å². The van der Waals surface area contributed by atoms with E-state index in [1.54, 1.807) is 0 Å². The molecule has 0 saturated carbocycles. The molecule has 3 aliphatic rings. The number of ether oxygens (including phenoxy) is 3. The van der Waals surface area contributed by atoms with Crippen LogP contribution in [-0.4, -0.2) is 92.5 Å². The highest BCUT2D eigenvalue weighted by Gasteiger charge is 2.51. The third kappa shape index (κ3) is 3.81. The number of ketones is 1. The van der Waals surface area contributed by atoms with Gasteiger partial charge < -0.3 is 19.1 Å². The molecule has 4 rings (SSSR count). The van der Waals surface area contributed by atoms with E-state index in [0.717, 1.165) is 55.1 Å². The summed E-state index contributed by atoms with van der Waals surface area (Å²) < 4.78 is 19.1. The highest BCUT2D eigenvalue weighted by atomic mass is 79.9. The Balaban J connectivity index is 1.78. The monoisotopic (exact) mass is 467 g/mol. The largest absolute Gasteiger partial charge is 0.492 e. The molecule has 0 radical (unpaired) electrons. The van der Waals surface area contributed by atoms with Crippen molar-refractivity contribution in [3.63, 3.8) is 0 Å². The Morgan fingerprint density at radius 1 is 1.14 bits per heavy atom. The van der Waals surface area contributed by atoms with Gasteiger partial charge in [-0.3, -0.25) is 4.79 Å². The van der Waals surface area contributed by atoms with E-state index in [1.165, 1.54) is 0 Å². The van der Waals surface area contributed by atoms with Crippen molar-refractivity contribution in [2.45, 2.75) is 26.1 Å². The Morgan fingerprint density at radius 3 is 2.45 bits per heavy atom. The number of hydrogen-bond acceptors (Lipinski definition) is 7. The number of fused-ring (bicyclic) bond motifs is 1. The molecule has 2 saturated heterocycles. The van der Waals surface area contributed by atoms with Crippen LogP contribution in [0.2, 0.25) is 0 Å². The molecule has 0 amide bonds. The minimum atomic E-state index is -0.767. The normalized spacial score (nSPS) is 26.8. The van der Waals surface area contributed by atoms with Crippen LogP contribution < -0.4 is 9.47 Å². The summed E-state index contributed by atoms with van der Waals surface area (Å²) in [6, 6.07) is 1.85. The molecule has 0 spiro atoms. The SMILES string of the molecule is CCOc1c(Br)cc2c(c1C)OC(N1CCOCC1)(N1CCN(C)CC1)CC2=O. The van der Waals surface area contributed by atoms with Crippen LogP contribution in [0.25, 0.3) is 0 Å². The second kappa shape index (κ2) is 8.51. The molecule has 8 heteroatoms. The first-order valence-corrected chi connectivity index (χ1v) is 11.2. The molecule has 0 bridgehead atoms. The second-order valence-electron chi connectivity index (χ2n) is 7.96. The highest BCUT2D eigenvalue weighted by Crippen LogP contribution is 2.45. The predicted octanol–water partition coefficient (Wildman–Crippen LogP) is 2.35. The predicted molar refractivity (Wildman–Crippen MR) is 114 cm³/mol. The summed E-state index contributed by atoms with van der Waals surface area (Å²) in [6.07, 6.45) is 0.323. The molecular weight excluding hydrogens is 438 g/mol. The van der Waals surface area contributed by atoms with Crippen LogP contribution in [-0.2, 0) is 4.74 Å². The first-order valence-electron chi connectivity index (χ1n) is 10.4. The van der Waals surface area contributed by atoms with E-state index in [0.29, 0.717) is 37.6 Å². The number of carbonyl (C=O) groups is 1. The number of Topliss-reactive ketones (excluding diaryl/α,β-unsaturated/α-hetero) is 1. The minimum absolute atomic E-state index is 0.114. The summed E-state index contributed by atoms with van der Waals surface area (Å²) in [5.74, 6) is 0.744. The van der Waals surface area contributed by atoms with Crippen LogP contribution in [0.5, 0.6) is 11.5 Å². The molecule has 0 aromatic heterocycles. The van der Waals surface area contributed by atoms with Gasteiger partial charge in [0.15, 0.2) is 5.78 Å². The van der Waals surface area contributed by atoms with Crippen molar-refractivity contribution in [1.29, 1.82) is 0 Å². The lowest BCUT2D eigenvalue weighted by Gasteiger charge is -2.54. The lowest BCUT2D eigenvalue weighted by atomic mass is 9.95. The third-order valence-corrected chi connectivity index (χ3v) is 6.75. The lowest BCUT2D eigenvalue weighted by Crippen LogP contribution is -2.70. The molecule has 1 aromatic rings. The molecule has 0 N–H and O–H groups in total. The maximum atomic E-state index is 13.4. The molecular formula is C21H30BrN3O4. The molecule has 3 aliphatic heterocycles. The first kappa shape index (κ1) is 21.1. The number of halogens is 1. The van der Waals surface area contributed by atoms with Gasteiger partial charge in [0.25, 0.3) is 0 Å². The van der Waals surface area contributed by atoms with Crippen LogP contribution in [0.4, 0.5) is 0 Å². The zero-order valence-corrected chi connectivity index (χ0v) is 19.1. The van der Waals surface area contributed by atoms with E-state index in [-0.39, 0.29) is 5.78 Å². The molecule has 7 nitrogen and oxygen atoms in total. The van der Waals surface area contributed by atoms with Gasteiger partial charge in [-0.05, 0) is 42.9 Å². The molecule has 29 heavy (non-hydrogen) atoms. The number of benzene rings is 1. The smallest absolute Gasteiger partial charge is 0.230 e. The summed E-state index contributed by atoms with van der Waals surface area (Å²) in [6.45, 7) is 11.0. The average molecular weight is 468 g/mol. The summed E-state index contributed by atoms with van der Waals surface area (Å²) >= 11 is 3.57. The fourth-order valence-corrected chi connectivity index (χ4v) is 5.17. The molecule has 2 fully saturated rings. The average Bonchev–Trinajstić information content (AvgIpc) is 2.73. The number of morpholine rings is 1. The maximum Gasteiger partial charge on any atom is 0.230 e. The fourth-order valence-electron chi connectivity index (χ4n) is 4.53. The molecule has 160 valence electrons. The first-order chi connectivity index (χ1) is 14.0.